The second kappa shape index (κ2) is 2.65. The van der Waals surface area contributed by atoms with E-state index in [1.165, 1.54) is 12.1 Å². The molecule has 48 valence electrons. The molecule has 0 aliphatic rings. The summed E-state index contributed by atoms with van der Waals surface area (Å²) in [6.45, 7) is -2.20. The molecule has 0 saturated carbocycles. The molecule has 1 nitrogen and oxygen atoms in total. The summed E-state index contributed by atoms with van der Waals surface area (Å²) in [6, 6.07) is 6.35. The molecular weight excluding hydrogens is 112 g/mol. The molecule has 0 amide bonds. The van der Waals surface area contributed by atoms with Crippen molar-refractivity contribution in [2.75, 3.05) is 0 Å². The molecule has 1 N–H and O–H groups in total. The molecule has 0 saturated heterocycles. The van der Waals surface area contributed by atoms with E-state index in [0.29, 0.717) is 5.56 Å². The van der Waals surface area contributed by atoms with Gasteiger partial charge < -0.3 is 5.11 Å². The second-order valence-electron chi connectivity index (χ2n) is 1.86. The Morgan fingerprint density at radius 1 is 1.67 bits per heavy atom. The largest absolute Gasteiger partial charge is 0.392 e. The summed E-state index contributed by atoms with van der Waals surface area (Å²) in [7, 11) is 0. The Labute approximate surface area is 59.2 Å². The molecule has 1 rings (SSSR count). The van der Waals surface area contributed by atoms with Gasteiger partial charge in [-0.15, -0.1) is 0 Å². The highest BCUT2D eigenvalue weighted by Gasteiger charge is 1.86. The lowest BCUT2D eigenvalue weighted by atomic mass is 10.1. The molecule has 1 aromatic rings. The molecule has 0 bridgehead atoms. The highest BCUT2D eigenvalue weighted by molar-refractivity contribution is 5.21. The summed E-state index contributed by atoms with van der Waals surface area (Å²) in [6.07, 6.45) is 0. The van der Waals surface area contributed by atoms with Crippen LogP contribution in [0.2, 0.25) is 0 Å². The molecule has 0 aromatic heterocycles. The molecule has 9 heavy (non-hydrogen) atoms. The SMILES string of the molecule is [2H]C([2H])([2H])c1cccc(CO)c1. The van der Waals surface area contributed by atoms with Crippen LogP contribution in [0.15, 0.2) is 24.3 Å². The molecule has 1 aromatic carbocycles. The fourth-order valence-electron chi connectivity index (χ4n) is 0.670. The quantitative estimate of drug-likeness (QED) is 0.603. The Kier molecular flexibility index (Phi) is 0.992. The Hall–Kier alpha value is -0.820. The number of benzene rings is 1. The first-order valence-electron chi connectivity index (χ1n) is 4.24. The van der Waals surface area contributed by atoms with E-state index in [1.807, 2.05) is 0 Å². The number of hydrogen-bond acceptors (Lipinski definition) is 1. The monoisotopic (exact) mass is 125 g/mol. The Morgan fingerprint density at radius 3 is 3.22 bits per heavy atom. The second-order valence-corrected chi connectivity index (χ2v) is 1.86. The van der Waals surface area contributed by atoms with Crippen LogP contribution in [0, 0.1) is 6.85 Å². The van der Waals surface area contributed by atoms with E-state index in [4.69, 9.17) is 9.22 Å². The molecule has 0 radical (unpaired) electrons. The van der Waals surface area contributed by atoms with Crippen LogP contribution < -0.4 is 0 Å². The topological polar surface area (TPSA) is 20.2 Å². The number of rotatable bonds is 1. The van der Waals surface area contributed by atoms with Gasteiger partial charge in [-0.2, -0.15) is 0 Å². The summed E-state index contributed by atoms with van der Waals surface area (Å²) in [5.74, 6) is 0. The number of hydrogen-bond donors (Lipinski definition) is 1. The van der Waals surface area contributed by atoms with Gasteiger partial charge in [0.2, 0.25) is 0 Å². The van der Waals surface area contributed by atoms with E-state index in [9.17, 15) is 0 Å². The summed E-state index contributed by atoms with van der Waals surface area (Å²) >= 11 is 0. The third-order valence-electron chi connectivity index (χ3n) is 1.11. The first-order chi connectivity index (χ1) is 5.54. The van der Waals surface area contributed by atoms with Gasteiger partial charge in [-0.25, -0.2) is 0 Å². The van der Waals surface area contributed by atoms with Crippen LogP contribution in [0.1, 0.15) is 15.2 Å². The highest BCUT2D eigenvalue weighted by Crippen LogP contribution is 2.02. The van der Waals surface area contributed by atoms with E-state index in [-0.39, 0.29) is 12.2 Å². The first kappa shape index (κ1) is 3.37. The van der Waals surface area contributed by atoms with Crippen molar-refractivity contribution >= 4 is 0 Å². The molecule has 0 heterocycles. The third-order valence-corrected chi connectivity index (χ3v) is 1.11. The van der Waals surface area contributed by atoms with Crippen molar-refractivity contribution in [3.05, 3.63) is 35.4 Å². The number of aliphatic hydroxyl groups excluding tert-OH is 1. The van der Waals surface area contributed by atoms with Gasteiger partial charge >= 0.3 is 0 Å². The smallest absolute Gasteiger partial charge is 0.0681 e. The average molecular weight is 125 g/mol. The Bertz CT molecular complexity index is 267. The summed E-state index contributed by atoms with van der Waals surface area (Å²) in [5, 5.41) is 8.74. The molecule has 0 atom stereocenters. The van der Waals surface area contributed by atoms with E-state index >= 15 is 0 Å². The van der Waals surface area contributed by atoms with Crippen LogP contribution in [0.25, 0.3) is 0 Å². The zero-order valence-electron chi connectivity index (χ0n) is 7.96. The Balaban J connectivity index is 3.02. The van der Waals surface area contributed by atoms with Gasteiger partial charge in [-0.1, -0.05) is 29.8 Å². The highest BCUT2D eigenvalue weighted by atomic mass is 16.3. The summed E-state index contributed by atoms with van der Waals surface area (Å²) < 4.78 is 21.3. The molecule has 0 fully saturated rings. The van der Waals surface area contributed by atoms with E-state index in [1.54, 1.807) is 12.1 Å². The average Bonchev–Trinajstić information content (AvgIpc) is 2.03. The van der Waals surface area contributed by atoms with Crippen molar-refractivity contribution in [3.63, 3.8) is 0 Å². The maximum Gasteiger partial charge on any atom is 0.0681 e. The maximum absolute atomic E-state index is 8.74. The van der Waals surface area contributed by atoms with Crippen molar-refractivity contribution in [2.24, 2.45) is 0 Å². The molecule has 0 aliphatic carbocycles. The van der Waals surface area contributed by atoms with Gasteiger partial charge in [-0.05, 0) is 12.4 Å². The first-order valence-corrected chi connectivity index (χ1v) is 2.74. The standard InChI is InChI=1S/C8H10O/c1-7-3-2-4-8(5-7)6-9/h2-5,9H,6H2,1H3/i1D3. The van der Waals surface area contributed by atoms with Gasteiger partial charge in [-0.3, -0.25) is 0 Å². The van der Waals surface area contributed by atoms with Crippen molar-refractivity contribution < 1.29 is 9.22 Å². The van der Waals surface area contributed by atoms with E-state index < -0.39 is 6.85 Å². The van der Waals surface area contributed by atoms with Crippen LogP contribution >= 0.6 is 0 Å². The summed E-state index contributed by atoms with van der Waals surface area (Å²) in [4.78, 5) is 0. The fourth-order valence-corrected chi connectivity index (χ4v) is 0.670. The molecular formula is C8H10O. The van der Waals surface area contributed by atoms with Crippen molar-refractivity contribution in [2.45, 2.75) is 13.5 Å². The zero-order valence-corrected chi connectivity index (χ0v) is 4.96. The summed E-state index contributed by atoms with van der Waals surface area (Å²) in [5.41, 5.74) is 0.901. The number of aryl methyl sites for hydroxylation is 1. The van der Waals surface area contributed by atoms with Crippen LogP contribution in [0.4, 0.5) is 0 Å². The van der Waals surface area contributed by atoms with Crippen LogP contribution in [0.5, 0.6) is 0 Å². The van der Waals surface area contributed by atoms with Crippen LogP contribution in [0.3, 0.4) is 0 Å². The minimum absolute atomic E-state index is 0.121. The van der Waals surface area contributed by atoms with Crippen molar-refractivity contribution in [3.8, 4) is 0 Å². The van der Waals surface area contributed by atoms with Crippen LogP contribution in [-0.4, -0.2) is 5.11 Å². The van der Waals surface area contributed by atoms with Gasteiger partial charge in [0.05, 0.1) is 6.61 Å². The predicted molar refractivity (Wildman–Crippen MR) is 37.1 cm³/mol. The van der Waals surface area contributed by atoms with Gasteiger partial charge in [0, 0.05) is 4.11 Å². The fraction of sp³-hybridized carbons (Fsp3) is 0.250. The molecule has 1 heteroatoms. The van der Waals surface area contributed by atoms with E-state index in [0.717, 1.165) is 0 Å². The minimum Gasteiger partial charge on any atom is -0.392 e. The van der Waals surface area contributed by atoms with Crippen molar-refractivity contribution in [1.29, 1.82) is 0 Å². The van der Waals surface area contributed by atoms with Gasteiger partial charge in [0.25, 0.3) is 0 Å². The molecule has 0 spiro atoms. The third kappa shape index (κ3) is 1.54. The van der Waals surface area contributed by atoms with Gasteiger partial charge in [0.1, 0.15) is 0 Å². The van der Waals surface area contributed by atoms with Crippen LogP contribution in [-0.2, 0) is 6.61 Å². The lowest BCUT2D eigenvalue weighted by Gasteiger charge is -1.94. The van der Waals surface area contributed by atoms with Crippen molar-refractivity contribution in [1.82, 2.24) is 0 Å². The lowest BCUT2D eigenvalue weighted by Crippen LogP contribution is -1.81. The normalized spacial score (nSPS) is 15.9. The zero-order chi connectivity index (χ0) is 9.19. The lowest BCUT2D eigenvalue weighted by molar-refractivity contribution is 0.282. The van der Waals surface area contributed by atoms with Gasteiger partial charge in [0.15, 0.2) is 0 Å². The molecule has 0 aliphatic heterocycles. The Morgan fingerprint density at radius 2 is 2.56 bits per heavy atom. The molecule has 0 unspecified atom stereocenters. The predicted octanol–water partition coefficient (Wildman–Crippen LogP) is 1.49. The minimum atomic E-state index is -2.08. The number of aliphatic hydroxyl groups is 1. The maximum atomic E-state index is 8.74. The van der Waals surface area contributed by atoms with E-state index in [2.05, 4.69) is 0 Å².